The summed E-state index contributed by atoms with van der Waals surface area (Å²) in [4.78, 5) is 0. The van der Waals surface area contributed by atoms with E-state index in [1.165, 1.54) is 37.5 Å². The Morgan fingerprint density at radius 1 is 0.933 bits per heavy atom. The summed E-state index contributed by atoms with van der Waals surface area (Å²) in [7, 11) is 0. The lowest BCUT2D eigenvalue weighted by molar-refractivity contribution is 0.130. The fraction of sp³-hybridized carbons (Fsp3) is 0.500. The van der Waals surface area contributed by atoms with Crippen molar-refractivity contribution in [1.29, 1.82) is 0 Å². The third-order valence-electron chi connectivity index (χ3n) is 2.40. The fourth-order valence-electron chi connectivity index (χ4n) is 1.57. The Kier molecular flexibility index (Phi) is 4.98. The van der Waals surface area contributed by atoms with Gasteiger partial charge in [-0.25, -0.2) is 0 Å². The highest BCUT2D eigenvalue weighted by Crippen LogP contribution is 2.16. The van der Waals surface area contributed by atoms with E-state index < -0.39 is 0 Å². The predicted octanol–water partition coefficient (Wildman–Crippen LogP) is 2.41. The van der Waals surface area contributed by atoms with E-state index in [1.807, 2.05) is 0 Å². The Hall–Kier alpha value is -1.22. The smallest absolute Gasteiger partial charge is 0.119 e. The van der Waals surface area contributed by atoms with Gasteiger partial charge in [-0.2, -0.15) is 0 Å². The maximum absolute atomic E-state index is 8.91. The van der Waals surface area contributed by atoms with Crippen molar-refractivity contribution in [3.8, 4) is 11.5 Å². The summed E-state index contributed by atoms with van der Waals surface area (Å²) in [5.41, 5.74) is 0. The molecule has 1 aromatic carbocycles. The lowest BCUT2D eigenvalue weighted by atomic mass is 9.98. The van der Waals surface area contributed by atoms with Crippen molar-refractivity contribution in [2.45, 2.75) is 38.2 Å². The van der Waals surface area contributed by atoms with Gasteiger partial charge in [0.05, 0.1) is 6.10 Å². The first-order valence-electron chi connectivity index (χ1n) is 5.34. The number of hydrogen-bond acceptors (Lipinski definition) is 3. The third kappa shape index (κ3) is 5.27. The van der Waals surface area contributed by atoms with Crippen LogP contribution in [0, 0.1) is 0 Å². The van der Waals surface area contributed by atoms with Gasteiger partial charge < -0.3 is 15.3 Å². The monoisotopic (exact) mass is 210 g/mol. The molecule has 0 heterocycles. The molecule has 0 atom stereocenters. The molecule has 0 amide bonds. The number of aliphatic hydroxyl groups excluding tert-OH is 1. The van der Waals surface area contributed by atoms with Crippen LogP contribution in [-0.4, -0.2) is 21.4 Å². The summed E-state index contributed by atoms with van der Waals surface area (Å²) in [6.07, 6.45) is 5.92. The number of hydrogen-bond donors (Lipinski definition) is 3. The molecule has 0 radical (unpaired) electrons. The minimum absolute atomic E-state index is 0.0359. The van der Waals surface area contributed by atoms with Crippen LogP contribution < -0.4 is 0 Å². The van der Waals surface area contributed by atoms with Crippen LogP contribution >= 0.6 is 0 Å². The van der Waals surface area contributed by atoms with Crippen LogP contribution in [0.15, 0.2) is 24.3 Å². The highest BCUT2D eigenvalue weighted by atomic mass is 16.3. The Morgan fingerprint density at radius 3 is 1.73 bits per heavy atom. The number of aliphatic hydroxyl groups is 1. The molecule has 1 aliphatic rings. The zero-order valence-corrected chi connectivity index (χ0v) is 8.76. The molecule has 1 saturated carbocycles. The number of aromatic hydroxyl groups is 2. The molecule has 84 valence electrons. The van der Waals surface area contributed by atoms with Gasteiger partial charge in [0.2, 0.25) is 0 Å². The molecule has 15 heavy (non-hydrogen) atoms. The van der Waals surface area contributed by atoms with Gasteiger partial charge in [0.25, 0.3) is 0 Å². The highest BCUT2D eigenvalue weighted by Gasteiger charge is 2.07. The van der Waals surface area contributed by atoms with Crippen LogP contribution in [0.25, 0.3) is 0 Å². The summed E-state index contributed by atoms with van der Waals surface area (Å²) in [6.45, 7) is 0. The van der Waals surface area contributed by atoms with E-state index in [0.717, 1.165) is 12.8 Å². The maximum atomic E-state index is 8.91. The molecule has 1 aliphatic carbocycles. The molecule has 0 aliphatic heterocycles. The quantitative estimate of drug-likeness (QED) is 0.616. The lowest BCUT2D eigenvalue weighted by Crippen LogP contribution is -2.09. The van der Waals surface area contributed by atoms with Crippen molar-refractivity contribution in [2.24, 2.45) is 0 Å². The first-order valence-corrected chi connectivity index (χ1v) is 5.34. The Bertz CT molecular complexity index is 263. The Labute approximate surface area is 90.0 Å². The molecule has 0 spiro atoms. The second-order valence-corrected chi connectivity index (χ2v) is 3.81. The summed E-state index contributed by atoms with van der Waals surface area (Å²) < 4.78 is 0. The summed E-state index contributed by atoms with van der Waals surface area (Å²) in [5.74, 6) is 0.176. The number of benzene rings is 1. The molecule has 0 bridgehead atoms. The molecule has 2 rings (SSSR count). The zero-order chi connectivity index (χ0) is 11.1. The van der Waals surface area contributed by atoms with Gasteiger partial charge in [-0.1, -0.05) is 25.3 Å². The minimum atomic E-state index is 0.0359. The fourth-order valence-corrected chi connectivity index (χ4v) is 1.57. The average molecular weight is 210 g/mol. The minimum Gasteiger partial charge on any atom is -0.508 e. The zero-order valence-electron chi connectivity index (χ0n) is 8.76. The van der Waals surface area contributed by atoms with Gasteiger partial charge in [0, 0.05) is 6.07 Å². The van der Waals surface area contributed by atoms with E-state index in [-0.39, 0.29) is 17.6 Å². The molecule has 3 heteroatoms. The van der Waals surface area contributed by atoms with Gasteiger partial charge in [0.1, 0.15) is 11.5 Å². The van der Waals surface area contributed by atoms with Gasteiger partial charge in [-0.05, 0) is 25.0 Å². The van der Waals surface area contributed by atoms with Crippen LogP contribution in [0.3, 0.4) is 0 Å². The van der Waals surface area contributed by atoms with Crippen LogP contribution in [0.2, 0.25) is 0 Å². The molecule has 0 aromatic heterocycles. The molecule has 3 N–H and O–H groups in total. The number of phenolic OH excluding ortho intramolecular Hbond substituents is 2. The SMILES string of the molecule is OC1CCCCC1.Oc1cccc(O)c1. The van der Waals surface area contributed by atoms with E-state index in [4.69, 9.17) is 15.3 Å². The number of rotatable bonds is 0. The third-order valence-corrected chi connectivity index (χ3v) is 2.40. The number of phenols is 2. The van der Waals surface area contributed by atoms with Crippen molar-refractivity contribution in [3.63, 3.8) is 0 Å². The first kappa shape index (κ1) is 11.9. The molecule has 1 aromatic rings. The largest absolute Gasteiger partial charge is 0.508 e. The van der Waals surface area contributed by atoms with E-state index in [2.05, 4.69) is 0 Å². The second kappa shape index (κ2) is 6.30. The molecule has 1 fully saturated rings. The molecular weight excluding hydrogens is 192 g/mol. The van der Waals surface area contributed by atoms with Crippen molar-refractivity contribution in [3.05, 3.63) is 24.3 Å². The maximum Gasteiger partial charge on any atom is 0.119 e. The van der Waals surface area contributed by atoms with E-state index in [0.29, 0.717) is 0 Å². The predicted molar refractivity (Wildman–Crippen MR) is 58.9 cm³/mol. The van der Waals surface area contributed by atoms with Crippen LogP contribution in [0.5, 0.6) is 11.5 Å². The average Bonchev–Trinajstić information content (AvgIpc) is 2.19. The van der Waals surface area contributed by atoms with Gasteiger partial charge in [0.15, 0.2) is 0 Å². The van der Waals surface area contributed by atoms with Gasteiger partial charge in [-0.15, -0.1) is 0 Å². The standard InChI is InChI=1S/C6H6O2.C6H12O/c7-5-2-1-3-6(8)4-5;7-6-4-2-1-3-5-6/h1-4,7-8H;6-7H,1-5H2. The summed E-state index contributed by atoms with van der Waals surface area (Å²) in [5, 5.41) is 26.2. The topological polar surface area (TPSA) is 60.7 Å². The molecule has 0 saturated heterocycles. The highest BCUT2D eigenvalue weighted by molar-refractivity contribution is 5.30. The van der Waals surface area contributed by atoms with Crippen LogP contribution in [0.1, 0.15) is 32.1 Å². The van der Waals surface area contributed by atoms with Crippen LogP contribution in [0.4, 0.5) is 0 Å². The van der Waals surface area contributed by atoms with Gasteiger partial charge >= 0.3 is 0 Å². The Balaban J connectivity index is 0.000000151. The first-order chi connectivity index (χ1) is 7.18. The van der Waals surface area contributed by atoms with Gasteiger partial charge in [-0.3, -0.25) is 0 Å². The van der Waals surface area contributed by atoms with Crippen LogP contribution in [-0.2, 0) is 0 Å². The second-order valence-electron chi connectivity index (χ2n) is 3.81. The van der Waals surface area contributed by atoms with E-state index in [1.54, 1.807) is 6.07 Å². The molecular formula is C12H18O3. The Morgan fingerprint density at radius 2 is 1.47 bits per heavy atom. The lowest BCUT2D eigenvalue weighted by Gasteiger charge is -2.14. The van der Waals surface area contributed by atoms with Crippen molar-refractivity contribution < 1.29 is 15.3 Å². The van der Waals surface area contributed by atoms with E-state index >= 15 is 0 Å². The van der Waals surface area contributed by atoms with Crippen molar-refractivity contribution in [1.82, 2.24) is 0 Å². The normalized spacial score (nSPS) is 16.6. The van der Waals surface area contributed by atoms with Crippen molar-refractivity contribution >= 4 is 0 Å². The summed E-state index contributed by atoms with van der Waals surface area (Å²) >= 11 is 0. The molecule has 3 nitrogen and oxygen atoms in total. The van der Waals surface area contributed by atoms with E-state index in [9.17, 15) is 0 Å². The van der Waals surface area contributed by atoms with Crippen molar-refractivity contribution in [2.75, 3.05) is 0 Å². The molecule has 0 unspecified atom stereocenters. The summed E-state index contributed by atoms with van der Waals surface area (Å²) in [6, 6.07) is 5.85.